The molecule has 0 aromatic heterocycles. The van der Waals surface area contributed by atoms with Gasteiger partial charge in [-0.25, -0.2) is 17.5 Å². The summed E-state index contributed by atoms with van der Waals surface area (Å²) in [6.45, 7) is 2.36. The molecule has 5 nitrogen and oxygen atoms in total. The molecule has 1 atom stereocenters. The van der Waals surface area contributed by atoms with Crippen LogP contribution < -0.4 is 10.5 Å². The lowest BCUT2D eigenvalue weighted by Gasteiger charge is -2.22. The number of sulfonamides is 1. The molecule has 1 aromatic rings. The van der Waals surface area contributed by atoms with Gasteiger partial charge in [0.1, 0.15) is 5.82 Å². The number of nitrogens with two attached hydrogens (primary N) is 1. The highest BCUT2D eigenvalue weighted by Gasteiger charge is 2.20. The number of halogens is 1. The highest BCUT2D eigenvalue weighted by molar-refractivity contribution is 7.89. The Morgan fingerprint density at radius 2 is 2.20 bits per heavy atom. The molecule has 1 unspecified atom stereocenters. The molecule has 7 heteroatoms. The first-order chi connectivity index (χ1) is 9.40. The molecule has 1 saturated heterocycles. The first kappa shape index (κ1) is 15.2. The van der Waals surface area contributed by atoms with E-state index in [1.165, 1.54) is 13.0 Å². The van der Waals surface area contributed by atoms with Gasteiger partial charge in [0, 0.05) is 13.2 Å². The third-order valence-corrected chi connectivity index (χ3v) is 4.74. The number of nitrogen functional groups attached to an aromatic ring is 1. The molecule has 2 rings (SSSR count). The molecule has 1 aliphatic heterocycles. The fourth-order valence-corrected chi connectivity index (χ4v) is 3.36. The minimum atomic E-state index is -3.70. The standard InChI is InChI=1S/C13H19FN2O3S/c1-9-6-11(7-12(15)13(9)14)20(17,18)16-8-10-4-2-3-5-19-10/h6-7,10,16H,2-5,8,15H2,1H3. The van der Waals surface area contributed by atoms with E-state index in [0.717, 1.165) is 25.3 Å². The lowest BCUT2D eigenvalue weighted by atomic mass is 10.1. The van der Waals surface area contributed by atoms with Gasteiger partial charge in [-0.1, -0.05) is 0 Å². The van der Waals surface area contributed by atoms with Crippen molar-refractivity contribution < 1.29 is 17.5 Å². The van der Waals surface area contributed by atoms with Crippen LogP contribution in [0.5, 0.6) is 0 Å². The number of hydrogen-bond donors (Lipinski definition) is 2. The molecule has 0 radical (unpaired) electrons. The average molecular weight is 302 g/mol. The van der Waals surface area contributed by atoms with Gasteiger partial charge in [-0.05, 0) is 43.9 Å². The van der Waals surface area contributed by atoms with Gasteiger partial charge in [-0.3, -0.25) is 0 Å². The lowest BCUT2D eigenvalue weighted by molar-refractivity contribution is 0.0200. The highest BCUT2D eigenvalue weighted by Crippen LogP contribution is 2.21. The van der Waals surface area contributed by atoms with E-state index in [1.807, 2.05) is 0 Å². The van der Waals surface area contributed by atoms with Crippen LogP contribution in [0.3, 0.4) is 0 Å². The van der Waals surface area contributed by atoms with Crippen molar-refractivity contribution in [1.29, 1.82) is 0 Å². The molecule has 112 valence electrons. The highest BCUT2D eigenvalue weighted by atomic mass is 32.2. The maximum atomic E-state index is 13.4. The van der Waals surface area contributed by atoms with E-state index in [9.17, 15) is 12.8 Å². The second-order valence-electron chi connectivity index (χ2n) is 4.98. The Bertz CT molecular complexity index is 560. The second kappa shape index (κ2) is 6.07. The predicted molar refractivity (Wildman–Crippen MR) is 74.3 cm³/mol. The zero-order valence-corrected chi connectivity index (χ0v) is 12.2. The Morgan fingerprint density at radius 1 is 1.45 bits per heavy atom. The maximum Gasteiger partial charge on any atom is 0.240 e. The number of aryl methyl sites for hydroxylation is 1. The van der Waals surface area contributed by atoms with Crippen LogP contribution in [0.25, 0.3) is 0 Å². The van der Waals surface area contributed by atoms with E-state index in [4.69, 9.17) is 10.5 Å². The third kappa shape index (κ3) is 3.47. The minimum Gasteiger partial charge on any atom is -0.396 e. The molecule has 1 aromatic carbocycles. The Kier molecular flexibility index (Phi) is 4.62. The van der Waals surface area contributed by atoms with Crippen molar-refractivity contribution in [1.82, 2.24) is 4.72 Å². The average Bonchev–Trinajstić information content (AvgIpc) is 2.43. The summed E-state index contributed by atoms with van der Waals surface area (Å²) in [6.07, 6.45) is 2.79. The Morgan fingerprint density at radius 3 is 2.80 bits per heavy atom. The van der Waals surface area contributed by atoms with Gasteiger partial charge in [0.15, 0.2) is 0 Å². The van der Waals surface area contributed by atoms with Crippen LogP contribution in [-0.2, 0) is 14.8 Å². The molecule has 0 saturated carbocycles. The van der Waals surface area contributed by atoms with Crippen molar-refractivity contribution in [2.45, 2.75) is 37.2 Å². The molecule has 1 fully saturated rings. The van der Waals surface area contributed by atoms with E-state index >= 15 is 0 Å². The number of anilines is 1. The largest absolute Gasteiger partial charge is 0.396 e. The van der Waals surface area contributed by atoms with Crippen molar-refractivity contribution in [2.24, 2.45) is 0 Å². The monoisotopic (exact) mass is 302 g/mol. The van der Waals surface area contributed by atoms with E-state index in [-0.39, 0.29) is 28.8 Å². The zero-order valence-electron chi connectivity index (χ0n) is 11.4. The lowest BCUT2D eigenvalue weighted by Crippen LogP contribution is -2.35. The number of nitrogens with one attached hydrogen (secondary N) is 1. The van der Waals surface area contributed by atoms with Gasteiger partial charge >= 0.3 is 0 Å². The van der Waals surface area contributed by atoms with E-state index in [0.29, 0.717) is 6.61 Å². The summed E-state index contributed by atoms with van der Waals surface area (Å²) in [6, 6.07) is 2.40. The molecule has 3 N–H and O–H groups in total. The minimum absolute atomic E-state index is 0.0234. The molecule has 1 aliphatic rings. The van der Waals surface area contributed by atoms with Crippen molar-refractivity contribution in [2.75, 3.05) is 18.9 Å². The summed E-state index contributed by atoms with van der Waals surface area (Å²) in [4.78, 5) is -0.0234. The number of hydrogen-bond acceptors (Lipinski definition) is 4. The van der Waals surface area contributed by atoms with Crippen molar-refractivity contribution in [3.05, 3.63) is 23.5 Å². The normalized spacial score (nSPS) is 20.0. The van der Waals surface area contributed by atoms with E-state index in [1.54, 1.807) is 0 Å². The summed E-state index contributed by atoms with van der Waals surface area (Å²) in [5, 5.41) is 0. The molecular formula is C13H19FN2O3S. The number of benzene rings is 1. The Hall–Kier alpha value is -1.18. The summed E-state index contributed by atoms with van der Waals surface area (Å²) < 4.78 is 45.7. The van der Waals surface area contributed by atoms with Gasteiger partial charge < -0.3 is 10.5 Å². The van der Waals surface area contributed by atoms with E-state index in [2.05, 4.69) is 4.72 Å². The molecular weight excluding hydrogens is 283 g/mol. The molecule has 1 heterocycles. The van der Waals surface area contributed by atoms with Gasteiger partial charge in [-0.15, -0.1) is 0 Å². The summed E-state index contributed by atoms with van der Waals surface area (Å²) in [5.74, 6) is -0.584. The predicted octanol–water partition coefficient (Wildman–Crippen LogP) is 1.56. The smallest absolute Gasteiger partial charge is 0.240 e. The van der Waals surface area contributed by atoms with Crippen LogP contribution >= 0.6 is 0 Å². The molecule has 20 heavy (non-hydrogen) atoms. The summed E-state index contributed by atoms with van der Waals surface area (Å²) >= 11 is 0. The molecule has 0 aliphatic carbocycles. The maximum absolute atomic E-state index is 13.4. The van der Waals surface area contributed by atoms with Crippen LogP contribution in [0.2, 0.25) is 0 Å². The van der Waals surface area contributed by atoms with Gasteiger partial charge in [0.2, 0.25) is 10.0 Å². The Labute approximate surface area is 118 Å². The van der Waals surface area contributed by atoms with Gasteiger partial charge in [0.25, 0.3) is 0 Å². The topological polar surface area (TPSA) is 81.4 Å². The van der Waals surface area contributed by atoms with Gasteiger partial charge in [0.05, 0.1) is 16.7 Å². The van der Waals surface area contributed by atoms with Crippen LogP contribution in [0, 0.1) is 12.7 Å². The zero-order chi connectivity index (χ0) is 14.8. The number of rotatable bonds is 4. The van der Waals surface area contributed by atoms with E-state index < -0.39 is 15.8 Å². The number of ether oxygens (including phenoxy) is 1. The van der Waals surface area contributed by atoms with Crippen molar-refractivity contribution in [3.63, 3.8) is 0 Å². The third-order valence-electron chi connectivity index (χ3n) is 3.34. The second-order valence-corrected chi connectivity index (χ2v) is 6.75. The first-order valence-electron chi connectivity index (χ1n) is 6.57. The van der Waals surface area contributed by atoms with Crippen LogP contribution in [0.4, 0.5) is 10.1 Å². The van der Waals surface area contributed by atoms with Crippen molar-refractivity contribution in [3.8, 4) is 0 Å². The quantitative estimate of drug-likeness (QED) is 0.827. The molecule has 0 bridgehead atoms. The molecule has 0 spiro atoms. The molecule has 0 amide bonds. The summed E-state index contributed by atoms with van der Waals surface area (Å²) in [7, 11) is -3.70. The van der Waals surface area contributed by atoms with Crippen LogP contribution in [-0.4, -0.2) is 27.7 Å². The SMILES string of the molecule is Cc1cc(S(=O)(=O)NCC2CCCCO2)cc(N)c1F. The van der Waals surface area contributed by atoms with Gasteiger partial charge in [-0.2, -0.15) is 0 Å². The van der Waals surface area contributed by atoms with Crippen LogP contribution in [0.1, 0.15) is 24.8 Å². The summed E-state index contributed by atoms with van der Waals surface area (Å²) in [5.41, 5.74) is 5.51. The van der Waals surface area contributed by atoms with Crippen molar-refractivity contribution >= 4 is 15.7 Å². The van der Waals surface area contributed by atoms with Crippen LogP contribution in [0.15, 0.2) is 17.0 Å². The Balaban J connectivity index is 2.10. The fraction of sp³-hybridized carbons (Fsp3) is 0.538. The fourth-order valence-electron chi connectivity index (χ4n) is 2.17. The first-order valence-corrected chi connectivity index (χ1v) is 8.05.